The standard InChI is InChI=1S/C26H22FN3O2S/c1-32-21-12-9-19(10-13-21)15-16-30(26-29-23-4-2-3-22(27)25(23)33-26)17-20-7-5-18(6-8-20)11-14-24(28)31/h2-10,12-13H,15-17H2,1H3,(H2,28,31). The monoisotopic (exact) mass is 459 g/mol. The van der Waals surface area contributed by atoms with E-state index in [9.17, 15) is 9.18 Å². The predicted octanol–water partition coefficient (Wildman–Crippen LogP) is 4.53. The molecule has 0 bridgehead atoms. The molecule has 0 unspecified atom stereocenters. The molecule has 166 valence electrons. The van der Waals surface area contributed by atoms with Crippen LogP contribution in [0.15, 0.2) is 66.7 Å². The van der Waals surface area contributed by atoms with Crippen molar-refractivity contribution in [3.63, 3.8) is 0 Å². The smallest absolute Gasteiger partial charge is 0.293 e. The normalized spacial score (nSPS) is 10.5. The molecule has 0 saturated heterocycles. The number of methoxy groups -OCH3 is 1. The number of rotatable bonds is 7. The molecule has 7 heteroatoms. The minimum atomic E-state index is -0.660. The summed E-state index contributed by atoms with van der Waals surface area (Å²) < 4.78 is 20.1. The average Bonchev–Trinajstić information content (AvgIpc) is 3.27. The number of aromatic nitrogens is 1. The number of thiazole rings is 1. The first kappa shape index (κ1) is 22.3. The summed E-state index contributed by atoms with van der Waals surface area (Å²) in [5.74, 6) is 4.97. The Morgan fingerprint density at radius 3 is 2.48 bits per heavy atom. The van der Waals surface area contributed by atoms with Gasteiger partial charge in [-0.1, -0.05) is 47.6 Å². The van der Waals surface area contributed by atoms with Gasteiger partial charge in [-0.25, -0.2) is 9.37 Å². The number of ether oxygens (including phenoxy) is 1. The predicted molar refractivity (Wildman–Crippen MR) is 130 cm³/mol. The van der Waals surface area contributed by atoms with Gasteiger partial charge in [0.05, 0.1) is 17.3 Å². The van der Waals surface area contributed by atoms with E-state index in [-0.39, 0.29) is 5.82 Å². The van der Waals surface area contributed by atoms with Crippen LogP contribution in [0.2, 0.25) is 0 Å². The van der Waals surface area contributed by atoms with Gasteiger partial charge >= 0.3 is 0 Å². The van der Waals surface area contributed by atoms with Crippen LogP contribution in [0, 0.1) is 17.7 Å². The third-order valence-electron chi connectivity index (χ3n) is 5.11. The quantitative estimate of drug-likeness (QED) is 0.412. The molecule has 1 aromatic heterocycles. The zero-order chi connectivity index (χ0) is 23.2. The molecule has 5 nitrogen and oxygen atoms in total. The number of hydrogen-bond acceptors (Lipinski definition) is 5. The van der Waals surface area contributed by atoms with Gasteiger partial charge in [-0.2, -0.15) is 0 Å². The number of amides is 1. The van der Waals surface area contributed by atoms with Gasteiger partial charge in [0.15, 0.2) is 5.13 Å². The van der Waals surface area contributed by atoms with E-state index in [0.29, 0.717) is 28.9 Å². The minimum absolute atomic E-state index is 0.260. The van der Waals surface area contributed by atoms with Crippen molar-refractivity contribution in [3.8, 4) is 17.6 Å². The van der Waals surface area contributed by atoms with Gasteiger partial charge in [0, 0.05) is 18.7 Å². The van der Waals surface area contributed by atoms with Crippen LogP contribution in [0.25, 0.3) is 10.2 Å². The second-order valence-corrected chi connectivity index (χ2v) is 8.39. The molecule has 2 N–H and O–H groups in total. The molecular formula is C26H22FN3O2S. The SMILES string of the molecule is COc1ccc(CCN(Cc2ccc(C#CC(N)=O)cc2)c2nc3cccc(F)c3s2)cc1. The van der Waals surface area contributed by atoms with Crippen molar-refractivity contribution in [3.05, 3.63) is 89.2 Å². The zero-order valence-corrected chi connectivity index (χ0v) is 18.9. The largest absolute Gasteiger partial charge is 0.497 e. The lowest BCUT2D eigenvalue weighted by Crippen LogP contribution is -2.25. The Morgan fingerprint density at radius 2 is 1.82 bits per heavy atom. The highest BCUT2D eigenvalue weighted by Crippen LogP contribution is 2.31. The molecule has 0 aliphatic carbocycles. The molecule has 0 spiro atoms. The summed E-state index contributed by atoms with van der Waals surface area (Å²) in [6, 6.07) is 20.5. The lowest BCUT2D eigenvalue weighted by Gasteiger charge is -2.22. The fourth-order valence-electron chi connectivity index (χ4n) is 3.39. The Morgan fingerprint density at radius 1 is 1.09 bits per heavy atom. The van der Waals surface area contributed by atoms with Gasteiger partial charge in [0.2, 0.25) is 0 Å². The molecule has 0 fully saturated rings. The van der Waals surface area contributed by atoms with Crippen LogP contribution >= 0.6 is 11.3 Å². The summed E-state index contributed by atoms with van der Waals surface area (Å²) >= 11 is 1.35. The average molecular weight is 460 g/mol. The number of halogens is 1. The second kappa shape index (κ2) is 10.2. The number of carbonyl (C=O) groups excluding carboxylic acids is 1. The Bertz CT molecular complexity index is 1320. The first-order valence-corrected chi connectivity index (χ1v) is 11.2. The first-order chi connectivity index (χ1) is 16.0. The van der Waals surface area contributed by atoms with Crippen molar-refractivity contribution in [2.75, 3.05) is 18.6 Å². The lowest BCUT2D eigenvalue weighted by molar-refractivity contribution is -0.112. The molecular weight excluding hydrogens is 437 g/mol. The molecule has 1 amide bonds. The molecule has 3 aromatic carbocycles. The highest BCUT2D eigenvalue weighted by atomic mass is 32.1. The number of anilines is 1. The van der Waals surface area contributed by atoms with E-state index in [1.165, 1.54) is 23.0 Å². The van der Waals surface area contributed by atoms with E-state index in [1.807, 2.05) is 54.6 Å². The molecule has 4 rings (SSSR count). The van der Waals surface area contributed by atoms with Crippen molar-refractivity contribution >= 4 is 32.6 Å². The molecule has 0 saturated carbocycles. The Balaban J connectivity index is 1.58. The van der Waals surface area contributed by atoms with E-state index < -0.39 is 5.91 Å². The third kappa shape index (κ3) is 5.68. The van der Waals surface area contributed by atoms with Crippen LogP contribution < -0.4 is 15.4 Å². The molecule has 4 aromatic rings. The molecule has 33 heavy (non-hydrogen) atoms. The van der Waals surface area contributed by atoms with Gasteiger partial charge in [0.25, 0.3) is 5.91 Å². The van der Waals surface area contributed by atoms with Gasteiger partial charge < -0.3 is 15.4 Å². The van der Waals surface area contributed by atoms with Crippen molar-refractivity contribution in [2.45, 2.75) is 13.0 Å². The van der Waals surface area contributed by atoms with E-state index in [2.05, 4.69) is 21.7 Å². The van der Waals surface area contributed by atoms with Crippen LogP contribution in [0.5, 0.6) is 5.75 Å². The Labute approximate surface area is 195 Å². The summed E-state index contributed by atoms with van der Waals surface area (Å²) in [6.07, 6.45) is 0.796. The maximum absolute atomic E-state index is 14.3. The molecule has 1 heterocycles. The van der Waals surface area contributed by atoms with E-state index in [4.69, 9.17) is 10.5 Å². The fraction of sp³-hybridized carbons (Fsp3) is 0.154. The van der Waals surface area contributed by atoms with Crippen LogP contribution in [-0.2, 0) is 17.8 Å². The van der Waals surface area contributed by atoms with Crippen LogP contribution in [0.3, 0.4) is 0 Å². The van der Waals surface area contributed by atoms with E-state index in [1.54, 1.807) is 13.2 Å². The van der Waals surface area contributed by atoms with Gasteiger partial charge in [-0.3, -0.25) is 4.79 Å². The first-order valence-electron chi connectivity index (χ1n) is 10.3. The number of nitrogens with two attached hydrogens (primary N) is 1. The fourth-order valence-corrected chi connectivity index (χ4v) is 4.38. The van der Waals surface area contributed by atoms with Crippen LogP contribution in [0.1, 0.15) is 16.7 Å². The zero-order valence-electron chi connectivity index (χ0n) is 18.0. The topological polar surface area (TPSA) is 68.5 Å². The number of nitrogens with zero attached hydrogens (tertiary/aromatic N) is 2. The molecule has 0 aliphatic rings. The van der Waals surface area contributed by atoms with Gasteiger partial charge in [0.1, 0.15) is 11.6 Å². The summed E-state index contributed by atoms with van der Waals surface area (Å²) in [5, 5.41) is 0.765. The summed E-state index contributed by atoms with van der Waals surface area (Å²) in [4.78, 5) is 17.7. The minimum Gasteiger partial charge on any atom is -0.497 e. The number of hydrogen-bond donors (Lipinski definition) is 1. The number of fused-ring (bicyclic) bond motifs is 1. The Kier molecular flexibility index (Phi) is 6.86. The van der Waals surface area contributed by atoms with Crippen molar-refractivity contribution in [2.24, 2.45) is 5.73 Å². The highest BCUT2D eigenvalue weighted by molar-refractivity contribution is 7.22. The number of carbonyl (C=O) groups is 1. The van der Waals surface area contributed by atoms with Gasteiger partial charge in [-0.05, 0) is 59.9 Å². The Hall–Kier alpha value is -3.89. The molecule has 0 aliphatic heterocycles. The van der Waals surface area contributed by atoms with Gasteiger partial charge in [-0.15, -0.1) is 0 Å². The molecule has 0 radical (unpaired) electrons. The number of primary amides is 1. The molecule has 0 atom stereocenters. The summed E-state index contributed by atoms with van der Waals surface area (Å²) in [7, 11) is 1.65. The van der Waals surface area contributed by atoms with Crippen LogP contribution in [0.4, 0.5) is 9.52 Å². The van der Waals surface area contributed by atoms with Crippen LogP contribution in [-0.4, -0.2) is 24.5 Å². The maximum Gasteiger partial charge on any atom is 0.293 e. The lowest BCUT2D eigenvalue weighted by atomic mass is 10.1. The maximum atomic E-state index is 14.3. The second-order valence-electron chi connectivity index (χ2n) is 7.42. The van der Waals surface area contributed by atoms with E-state index >= 15 is 0 Å². The van der Waals surface area contributed by atoms with Crippen molar-refractivity contribution in [1.82, 2.24) is 4.98 Å². The summed E-state index contributed by atoms with van der Waals surface area (Å²) in [5.41, 5.74) is 8.67. The van der Waals surface area contributed by atoms with Crippen molar-refractivity contribution in [1.29, 1.82) is 0 Å². The third-order valence-corrected chi connectivity index (χ3v) is 6.25. The summed E-state index contributed by atoms with van der Waals surface area (Å²) in [6.45, 7) is 1.30. The van der Waals surface area contributed by atoms with E-state index in [0.717, 1.165) is 22.9 Å². The highest BCUT2D eigenvalue weighted by Gasteiger charge is 2.15. The van der Waals surface area contributed by atoms with Crippen molar-refractivity contribution < 1.29 is 13.9 Å². The number of benzene rings is 3.